The van der Waals surface area contributed by atoms with Gasteiger partial charge in [-0.3, -0.25) is 0 Å². The van der Waals surface area contributed by atoms with E-state index in [0.717, 1.165) is 10.8 Å². The monoisotopic (exact) mass is 257 g/mol. The summed E-state index contributed by atoms with van der Waals surface area (Å²) in [6, 6.07) is 0. The van der Waals surface area contributed by atoms with Crippen molar-refractivity contribution in [2.24, 2.45) is 0 Å². The molecule has 1 aromatic heterocycles. The van der Waals surface area contributed by atoms with E-state index in [1.165, 1.54) is 0 Å². The summed E-state index contributed by atoms with van der Waals surface area (Å²) in [6.07, 6.45) is -0.394. The molecule has 0 saturated heterocycles. The first-order chi connectivity index (χ1) is 7.87. The summed E-state index contributed by atoms with van der Waals surface area (Å²) < 4.78 is 5.10. The number of nitrogens with one attached hydrogen (secondary N) is 2. The molecular formula is C11H19N3O2S. The van der Waals surface area contributed by atoms with E-state index in [-0.39, 0.29) is 0 Å². The highest BCUT2D eigenvalue weighted by Gasteiger charge is 2.15. The predicted octanol–water partition coefficient (Wildman–Crippen LogP) is 2.39. The molecule has 0 aliphatic heterocycles. The van der Waals surface area contributed by atoms with Crippen LogP contribution < -0.4 is 10.6 Å². The number of alkyl carbamates (subject to hydrolysis) is 1. The Hall–Kier alpha value is -1.30. The molecule has 0 spiro atoms. The third kappa shape index (κ3) is 6.11. The molecule has 2 N–H and O–H groups in total. The van der Waals surface area contributed by atoms with Crippen LogP contribution in [-0.4, -0.2) is 29.8 Å². The second-order valence-corrected chi connectivity index (χ2v) is 5.51. The molecular weight excluding hydrogens is 238 g/mol. The third-order valence-electron chi connectivity index (χ3n) is 1.69. The Morgan fingerprint density at radius 1 is 1.47 bits per heavy atom. The van der Waals surface area contributed by atoms with E-state index in [4.69, 9.17) is 4.74 Å². The number of amides is 1. The zero-order valence-corrected chi connectivity index (χ0v) is 11.5. The second-order valence-electron chi connectivity index (χ2n) is 4.65. The van der Waals surface area contributed by atoms with Gasteiger partial charge in [0.05, 0.1) is 5.69 Å². The minimum absolute atomic E-state index is 0.394. The van der Waals surface area contributed by atoms with Gasteiger partial charge in [0, 0.05) is 18.5 Å². The van der Waals surface area contributed by atoms with Crippen molar-refractivity contribution in [3.63, 3.8) is 0 Å². The molecule has 0 unspecified atom stereocenters. The maximum absolute atomic E-state index is 11.3. The number of carbonyl (C=O) groups is 1. The van der Waals surface area contributed by atoms with Gasteiger partial charge in [-0.15, -0.1) is 11.3 Å². The molecule has 0 aliphatic carbocycles. The van der Waals surface area contributed by atoms with Crippen LogP contribution in [0.4, 0.5) is 9.93 Å². The van der Waals surface area contributed by atoms with Gasteiger partial charge < -0.3 is 15.4 Å². The molecule has 6 heteroatoms. The van der Waals surface area contributed by atoms with Crippen LogP contribution in [-0.2, 0) is 4.74 Å². The van der Waals surface area contributed by atoms with Crippen molar-refractivity contribution in [2.75, 3.05) is 18.4 Å². The molecule has 0 fully saturated rings. The molecule has 17 heavy (non-hydrogen) atoms. The van der Waals surface area contributed by atoms with E-state index in [9.17, 15) is 4.79 Å². The molecule has 5 nitrogen and oxygen atoms in total. The zero-order chi connectivity index (χ0) is 12.9. The molecule has 1 aromatic rings. The standard InChI is InChI=1S/C11H19N3O2S/c1-8-7-17-9(14-8)12-5-6-13-10(15)16-11(2,3)4/h7H,5-6H2,1-4H3,(H,12,14)(H,13,15). The molecule has 0 bridgehead atoms. The summed E-state index contributed by atoms with van der Waals surface area (Å²) in [4.78, 5) is 15.6. The lowest BCUT2D eigenvalue weighted by molar-refractivity contribution is 0.0530. The van der Waals surface area contributed by atoms with Gasteiger partial charge in [-0.2, -0.15) is 0 Å². The lowest BCUT2D eigenvalue weighted by atomic mass is 10.2. The molecule has 0 aromatic carbocycles. The van der Waals surface area contributed by atoms with Gasteiger partial charge in [0.1, 0.15) is 5.60 Å². The predicted molar refractivity (Wildman–Crippen MR) is 69.6 cm³/mol. The first-order valence-corrected chi connectivity index (χ1v) is 6.37. The number of anilines is 1. The lowest BCUT2D eigenvalue weighted by Crippen LogP contribution is -2.34. The van der Waals surface area contributed by atoms with Gasteiger partial charge >= 0.3 is 6.09 Å². The highest BCUT2D eigenvalue weighted by molar-refractivity contribution is 7.13. The Morgan fingerprint density at radius 2 is 2.18 bits per heavy atom. The van der Waals surface area contributed by atoms with E-state index in [2.05, 4.69) is 15.6 Å². The number of aryl methyl sites for hydroxylation is 1. The van der Waals surface area contributed by atoms with Crippen molar-refractivity contribution in [3.8, 4) is 0 Å². The summed E-state index contributed by atoms with van der Waals surface area (Å²) in [5.41, 5.74) is 0.543. The molecule has 0 radical (unpaired) electrons. The Kier molecular flexibility index (Phi) is 4.74. The molecule has 1 amide bonds. The molecule has 1 rings (SSSR count). The van der Waals surface area contributed by atoms with Crippen LogP contribution >= 0.6 is 11.3 Å². The number of thiazole rings is 1. The minimum Gasteiger partial charge on any atom is -0.444 e. The maximum Gasteiger partial charge on any atom is 0.407 e. The summed E-state index contributed by atoms with van der Waals surface area (Å²) in [7, 11) is 0. The Labute approximate surface area is 106 Å². The van der Waals surface area contributed by atoms with Gasteiger partial charge in [0.25, 0.3) is 0 Å². The highest BCUT2D eigenvalue weighted by atomic mass is 32.1. The van der Waals surface area contributed by atoms with E-state index in [1.54, 1.807) is 11.3 Å². The molecule has 0 atom stereocenters. The van der Waals surface area contributed by atoms with Crippen LogP contribution in [0, 0.1) is 6.92 Å². The quantitative estimate of drug-likeness (QED) is 0.813. The summed E-state index contributed by atoms with van der Waals surface area (Å²) in [5.74, 6) is 0. The molecule has 0 saturated carbocycles. The Morgan fingerprint density at radius 3 is 2.71 bits per heavy atom. The van der Waals surface area contributed by atoms with Gasteiger partial charge in [0.2, 0.25) is 0 Å². The second kappa shape index (κ2) is 5.86. The summed E-state index contributed by atoms with van der Waals surface area (Å²) in [5, 5.41) is 8.64. The SMILES string of the molecule is Cc1csc(NCCNC(=O)OC(C)(C)C)n1. The Bertz CT molecular complexity index is 371. The van der Waals surface area contributed by atoms with Crippen molar-refractivity contribution >= 4 is 22.6 Å². The van der Waals surface area contributed by atoms with Crippen molar-refractivity contribution < 1.29 is 9.53 Å². The lowest BCUT2D eigenvalue weighted by Gasteiger charge is -2.19. The number of rotatable bonds is 4. The van der Waals surface area contributed by atoms with Gasteiger partial charge in [-0.25, -0.2) is 9.78 Å². The number of hydrogen-bond acceptors (Lipinski definition) is 5. The smallest absolute Gasteiger partial charge is 0.407 e. The number of carbonyl (C=O) groups excluding carboxylic acids is 1. The molecule has 1 heterocycles. The fourth-order valence-electron chi connectivity index (χ4n) is 1.08. The summed E-state index contributed by atoms with van der Waals surface area (Å²) >= 11 is 1.55. The molecule has 0 aliphatic rings. The number of hydrogen-bond donors (Lipinski definition) is 2. The van der Waals surface area contributed by atoms with E-state index < -0.39 is 11.7 Å². The number of aromatic nitrogens is 1. The largest absolute Gasteiger partial charge is 0.444 e. The van der Waals surface area contributed by atoms with E-state index in [1.807, 2.05) is 33.1 Å². The van der Waals surface area contributed by atoms with Crippen LogP contribution in [0.15, 0.2) is 5.38 Å². The average molecular weight is 257 g/mol. The number of nitrogens with zero attached hydrogens (tertiary/aromatic N) is 1. The van der Waals surface area contributed by atoms with E-state index >= 15 is 0 Å². The zero-order valence-electron chi connectivity index (χ0n) is 10.7. The number of ether oxygens (including phenoxy) is 1. The topological polar surface area (TPSA) is 63.2 Å². The average Bonchev–Trinajstić information content (AvgIpc) is 2.56. The van der Waals surface area contributed by atoms with Crippen LogP contribution in [0.5, 0.6) is 0 Å². The summed E-state index contributed by atoms with van der Waals surface area (Å²) in [6.45, 7) is 8.59. The molecule has 96 valence electrons. The first kappa shape index (κ1) is 13.8. The van der Waals surface area contributed by atoms with Gasteiger partial charge in [-0.05, 0) is 27.7 Å². The maximum atomic E-state index is 11.3. The van der Waals surface area contributed by atoms with Crippen LogP contribution in [0.2, 0.25) is 0 Å². The van der Waals surface area contributed by atoms with Crippen molar-refractivity contribution in [1.29, 1.82) is 0 Å². The fourth-order valence-corrected chi connectivity index (χ4v) is 1.80. The van der Waals surface area contributed by atoms with Crippen LogP contribution in [0.3, 0.4) is 0 Å². The first-order valence-electron chi connectivity index (χ1n) is 5.50. The fraction of sp³-hybridized carbons (Fsp3) is 0.636. The van der Waals surface area contributed by atoms with Crippen LogP contribution in [0.1, 0.15) is 26.5 Å². The van der Waals surface area contributed by atoms with Gasteiger partial charge in [-0.1, -0.05) is 0 Å². The van der Waals surface area contributed by atoms with Crippen molar-refractivity contribution in [2.45, 2.75) is 33.3 Å². The Balaban J connectivity index is 2.14. The van der Waals surface area contributed by atoms with E-state index in [0.29, 0.717) is 13.1 Å². The van der Waals surface area contributed by atoms with Crippen molar-refractivity contribution in [1.82, 2.24) is 10.3 Å². The van der Waals surface area contributed by atoms with Crippen molar-refractivity contribution in [3.05, 3.63) is 11.1 Å². The third-order valence-corrected chi connectivity index (χ3v) is 2.61. The van der Waals surface area contributed by atoms with Crippen LogP contribution in [0.25, 0.3) is 0 Å². The normalized spacial score (nSPS) is 11.1. The minimum atomic E-state index is -0.454. The van der Waals surface area contributed by atoms with Gasteiger partial charge in [0.15, 0.2) is 5.13 Å². The highest BCUT2D eigenvalue weighted by Crippen LogP contribution is 2.13.